The van der Waals surface area contributed by atoms with Crippen LogP contribution in [0.25, 0.3) is 0 Å². The van der Waals surface area contributed by atoms with E-state index in [1.54, 1.807) is 0 Å². The monoisotopic (exact) mass is 242 g/mol. The lowest BCUT2D eigenvalue weighted by Crippen LogP contribution is -2.46. The van der Waals surface area contributed by atoms with Gasteiger partial charge in [0.15, 0.2) is 0 Å². The van der Waals surface area contributed by atoms with Gasteiger partial charge in [0.2, 0.25) is 0 Å². The van der Waals surface area contributed by atoms with Crippen LogP contribution in [0.4, 0.5) is 0 Å². The van der Waals surface area contributed by atoms with Crippen LogP contribution in [-0.4, -0.2) is 54.5 Å². The van der Waals surface area contributed by atoms with Crippen molar-refractivity contribution in [3.05, 3.63) is 0 Å². The van der Waals surface area contributed by atoms with Gasteiger partial charge in [0, 0.05) is 19.1 Å². The second-order valence-corrected chi connectivity index (χ2v) is 5.65. The first-order valence-electron chi connectivity index (χ1n) is 6.90. The van der Waals surface area contributed by atoms with E-state index in [1.807, 2.05) is 0 Å². The average Bonchev–Trinajstić information content (AvgIpc) is 2.71. The lowest BCUT2D eigenvalue weighted by Gasteiger charge is -2.36. The summed E-state index contributed by atoms with van der Waals surface area (Å²) in [6.07, 6.45) is 4.20. The summed E-state index contributed by atoms with van der Waals surface area (Å²) in [6.45, 7) is 6.40. The Bertz CT molecular complexity index is 250. The molecular weight excluding hydrogens is 216 g/mol. The molecule has 0 aromatic heterocycles. The van der Waals surface area contributed by atoms with Gasteiger partial charge >= 0.3 is 0 Å². The summed E-state index contributed by atoms with van der Waals surface area (Å²) in [5, 5.41) is 10.4. The van der Waals surface area contributed by atoms with Gasteiger partial charge in [0.25, 0.3) is 0 Å². The smallest absolute Gasteiger partial charge is 0.0797 e. The lowest BCUT2D eigenvalue weighted by molar-refractivity contribution is -0.0200. The zero-order valence-corrected chi connectivity index (χ0v) is 10.9. The van der Waals surface area contributed by atoms with E-state index in [-0.39, 0.29) is 0 Å². The van der Waals surface area contributed by atoms with E-state index >= 15 is 0 Å². The Morgan fingerprint density at radius 1 is 1.53 bits per heavy atom. The molecule has 4 nitrogen and oxygen atoms in total. The minimum absolute atomic E-state index is 0.391. The molecule has 3 atom stereocenters. The molecule has 0 bridgehead atoms. The minimum atomic E-state index is -0.588. The molecule has 100 valence electrons. The SMILES string of the molecule is CC1COCCN1CCC1CCCC1(O)CN. The first-order chi connectivity index (χ1) is 8.15. The second kappa shape index (κ2) is 5.65. The van der Waals surface area contributed by atoms with Crippen molar-refractivity contribution < 1.29 is 9.84 Å². The van der Waals surface area contributed by atoms with E-state index in [1.165, 1.54) is 0 Å². The van der Waals surface area contributed by atoms with E-state index in [9.17, 15) is 5.11 Å². The molecule has 0 spiro atoms. The Hall–Kier alpha value is -0.160. The molecule has 0 aromatic rings. The summed E-state index contributed by atoms with van der Waals surface area (Å²) in [7, 11) is 0. The van der Waals surface area contributed by atoms with Crippen molar-refractivity contribution in [3.8, 4) is 0 Å². The van der Waals surface area contributed by atoms with Gasteiger partial charge in [-0.3, -0.25) is 4.90 Å². The number of nitrogens with two attached hydrogens (primary N) is 1. The summed E-state index contributed by atoms with van der Waals surface area (Å²) in [4.78, 5) is 2.47. The zero-order chi connectivity index (χ0) is 12.3. The number of hydrogen-bond donors (Lipinski definition) is 2. The second-order valence-electron chi connectivity index (χ2n) is 5.65. The number of ether oxygens (including phenoxy) is 1. The minimum Gasteiger partial charge on any atom is -0.388 e. The highest BCUT2D eigenvalue weighted by Gasteiger charge is 2.39. The maximum atomic E-state index is 10.4. The third-order valence-electron chi connectivity index (χ3n) is 4.55. The molecule has 1 aliphatic heterocycles. The molecule has 2 fully saturated rings. The third kappa shape index (κ3) is 2.99. The molecule has 0 amide bonds. The van der Waals surface area contributed by atoms with Crippen LogP contribution in [0.3, 0.4) is 0 Å². The fraction of sp³-hybridized carbons (Fsp3) is 1.00. The van der Waals surface area contributed by atoms with Gasteiger partial charge in [-0.2, -0.15) is 0 Å². The Morgan fingerprint density at radius 2 is 2.35 bits per heavy atom. The molecular formula is C13H26N2O2. The predicted molar refractivity (Wildman–Crippen MR) is 67.8 cm³/mol. The normalized spacial score (nSPS) is 39.7. The van der Waals surface area contributed by atoms with E-state index in [2.05, 4.69) is 11.8 Å². The average molecular weight is 242 g/mol. The van der Waals surface area contributed by atoms with Gasteiger partial charge in [-0.05, 0) is 38.6 Å². The van der Waals surface area contributed by atoms with Crippen LogP contribution in [0.1, 0.15) is 32.6 Å². The molecule has 1 heterocycles. The summed E-state index contributed by atoms with van der Waals surface area (Å²) in [5.74, 6) is 0.391. The van der Waals surface area contributed by atoms with Crippen molar-refractivity contribution in [3.63, 3.8) is 0 Å². The van der Waals surface area contributed by atoms with E-state index in [4.69, 9.17) is 10.5 Å². The van der Waals surface area contributed by atoms with Crippen molar-refractivity contribution in [2.24, 2.45) is 11.7 Å². The van der Waals surface area contributed by atoms with E-state index < -0.39 is 5.60 Å². The first kappa shape index (κ1) is 13.3. The van der Waals surface area contributed by atoms with Crippen molar-refractivity contribution in [2.75, 3.05) is 32.8 Å². The molecule has 1 aliphatic carbocycles. The molecule has 3 N–H and O–H groups in total. The van der Waals surface area contributed by atoms with Gasteiger partial charge < -0.3 is 15.6 Å². The van der Waals surface area contributed by atoms with Crippen LogP contribution < -0.4 is 5.73 Å². The highest BCUT2D eigenvalue weighted by Crippen LogP contribution is 2.37. The number of aliphatic hydroxyl groups is 1. The summed E-state index contributed by atoms with van der Waals surface area (Å²) < 4.78 is 5.43. The number of morpholine rings is 1. The number of rotatable bonds is 4. The van der Waals surface area contributed by atoms with Crippen LogP contribution >= 0.6 is 0 Å². The quantitative estimate of drug-likeness (QED) is 0.757. The zero-order valence-electron chi connectivity index (χ0n) is 10.9. The molecule has 2 aliphatic rings. The molecule has 1 saturated heterocycles. The van der Waals surface area contributed by atoms with Crippen molar-refractivity contribution in [1.82, 2.24) is 4.90 Å². The summed E-state index contributed by atoms with van der Waals surface area (Å²) in [5.41, 5.74) is 5.12. The molecule has 17 heavy (non-hydrogen) atoms. The fourth-order valence-electron chi connectivity index (χ4n) is 3.22. The van der Waals surface area contributed by atoms with E-state index in [0.717, 1.165) is 52.0 Å². The van der Waals surface area contributed by atoms with Crippen molar-refractivity contribution >= 4 is 0 Å². The largest absolute Gasteiger partial charge is 0.388 e. The number of nitrogens with zero attached hydrogens (tertiary/aromatic N) is 1. The van der Waals surface area contributed by atoms with Gasteiger partial charge in [0.1, 0.15) is 0 Å². The van der Waals surface area contributed by atoms with Crippen LogP contribution in [0.2, 0.25) is 0 Å². The summed E-state index contributed by atoms with van der Waals surface area (Å²) in [6, 6.07) is 0.510. The highest BCUT2D eigenvalue weighted by atomic mass is 16.5. The first-order valence-corrected chi connectivity index (χ1v) is 6.90. The van der Waals surface area contributed by atoms with Crippen LogP contribution in [0.15, 0.2) is 0 Å². The molecule has 0 radical (unpaired) electrons. The van der Waals surface area contributed by atoms with Crippen molar-refractivity contribution in [2.45, 2.75) is 44.2 Å². The molecule has 3 unspecified atom stereocenters. The maximum absolute atomic E-state index is 10.4. The lowest BCUT2D eigenvalue weighted by atomic mass is 9.88. The Balaban J connectivity index is 1.81. The van der Waals surface area contributed by atoms with Gasteiger partial charge in [-0.1, -0.05) is 6.42 Å². The maximum Gasteiger partial charge on any atom is 0.0797 e. The fourth-order valence-corrected chi connectivity index (χ4v) is 3.22. The Kier molecular flexibility index (Phi) is 4.42. The van der Waals surface area contributed by atoms with Gasteiger partial charge in [0.05, 0.1) is 18.8 Å². The summed E-state index contributed by atoms with van der Waals surface area (Å²) >= 11 is 0. The van der Waals surface area contributed by atoms with Crippen LogP contribution in [-0.2, 0) is 4.74 Å². The Morgan fingerprint density at radius 3 is 3.06 bits per heavy atom. The van der Waals surface area contributed by atoms with Crippen LogP contribution in [0.5, 0.6) is 0 Å². The standard InChI is InChI=1S/C13H26N2O2/c1-11-9-17-8-7-15(11)6-4-12-3-2-5-13(12,16)10-14/h11-12,16H,2-10,14H2,1H3. The molecule has 0 aromatic carbocycles. The van der Waals surface area contributed by atoms with Gasteiger partial charge in [-0.25, -0.2) is 0 Å². The molecule has 4 heteroatoms. The van der Waals surface area contributed by atoms with Gasteiger partial charge in [-0.15, -0.1) is 0 Å². The highest BCUT2D eigenvalue weighted by molar-refractivity contribution is 4.93. The van der Waals surface area contributed by atoms with E-state index in [0.29, 0.717) is 18.5 Å². The third-order valence-corrected chi connectivity index (χ3v) is 4.55. The Labute approximate surface area is 104 Å². The predicted octanol–water partition coefficient (Wildman–Crippen LogP) is 0.587. The number of hydrogen-bond acceptors (Lipinski definition) is 4. The molecule has 2 rings (SSSR count). The molecule has 1 saturated carbocycles. The topological polar surface area (TPSA) is 58.7 Å². The van der Waals surface area contributed by atoms with Crippen LogP contribution in [0, 0.1) is 5.92 Å². The van der Waals surface area contributed by atoms with Crippen molar-refractivity contribution in [1.29, 1.82) is 0 Å².